The maximum absolute atomic E-state index is 10.6. The second-order valence-electron chi connectivity index (χ2n) is 3.32. The van der Waals surface area contributed by atoms with Gasteiger partial charge in [0.25, 0.3) is 0 Å². The van der Waals surface area contributed by atoms with Gasteiger partial charge in [-0.15, -0.1) is 0 Å². The number of hydrogen-bond acceptors (Lipinski definition) is 3. The summed E-state index contributed by atoms with van der Waals surface area (Å²) in [7, 11) is 0. The number of nitrogens with one attached hydrogen (secondary N) is 1. The predicted molar refractivity (Wildman–Crippen MR) is 41.4 cm³/mol. The van der Waals surface area contributed by atoms with Crippen molar-refractivity contribution >= 4 is 11.9 Å². The summed E-state index contributed by atoms with van der Waals surface area (Å²) in [5.41, 5.74) is 4.59. The molecule has 5 heteroatoms. The van der Waals surface area contributed by atoms with Crippen LogP contribution in [0.5, 0.6) is 0 Å². The van der Waals surface area contributed by atoms with Gasteiger partial charge in [-0.25, -0.2) is 0 Å². The molecule has 4 N–H and O–H groups in total. The highest BCUT2D eigenvalue weighted by molar-refractivity contribution is 5.76. The average molecular weight is 172 g/mol. The fourth-order valence-corrected chi connectivity index (χ4v) is 1.48. The Morgan fingerprint density at radius 3 is 2.25 bits per heavy atom. The van der Waals surface area contributed by atoms with E-state index >= 15 is 0 Å². The number of amides is 1. The minimum atomic E-state index is -0.877. The summed E-state index contributed by atoms with van der Waals surface area (Å²) in [6.07, 6.45) is 0.176. The number of primary amides is 1. The number of nitrogens with two attached hydrogens (primary N) is 1. The van der Waals surface area contributed by atoms with Crippen molar-refractivity contribution < 1.29 is 14.7 Å². The molecule has 68 valence electrons. The average Bonchev–Trinajstić information content (AvgIpc) is 1.80. The van der Waals surface area contributed by atoms with Crippen LogP contribution in [0.1, 0.15) is 12.8 Å². The van der Waals surface area contributed by atoms with Crippen molar-refractivity contribution in [3.8, 4) is 0 Å². The van der Waals surface area contributed by atoms with Crippen molar-refractivity contribution in [3.63, 3.8) is 0 Å². The smallest absolute Gasteiger partial charge is 0.304 e. The normalized spacial score (nSPS) is 19.7. The third-order valence-electron chi connectivity index (χ3n) is 2.08. The van der Waals surface area contributed by atoms with Gasteiger partial charge in [-0.1, -0.05) is 0 Å². The van der Waals surface area contributed by atoms with Crippen molar-refractivity contribution in [2.75, 3.05) is 13.1 Å². The van der Waals surface area contributed by atoms with Gasteiger partial charge in [-0.2, -0.15) is 0 Å². The largest absolute Gasteiger partial charge is 0.481 e. The van der Waals surface area contributed by atoms with E-state index in [9.17, 15) is 9.59 Å². The number of aliphatic carboxylic acids is 1. The second-order valence-corrected chi connectivity index (χ2v) is 3.32. The van der Waals surface area contributed by atoms with Crippen LogP contribution in [-0.4, -0.2) is 30.1 Å². The fourth-order valence-electron chi connectivity index (χ4n) is 1.48. The van der Waals surface area contributed by atoms with E-state index in [1.165, 1.54) is 0 Å². The zero-order valence-corrected chi connectivity index (χ0v) is 6.67. The molecule has 0 aromatic carbocycles. The fraction of sp³-hybridized carbons (Fsp3) is 0.714. The molecule has 0 spiro atoms. The molecule has 0 unspecified atom stereocenters. The first-order chi connectivity index (χ1) is 5.54. The molecule has 0 bridgehead atoms. The zero-order chi connectivity index (χ0) is 9.19. The Hall–Kier alpha value is -1.10. The lowest BCUT2D eigenvalue weighted by atomic mass is 9.75. The summed E-state index contributed by atoms with van der Waals surface area (Å²) >= 11 is 0. The molecule has 12 heavy (non-hydrogen) atoms. The highest BCUT2D eigenvalue weighted by Crippen LogP contribution is 2.30. The van der Waals surface area contributed by atoms with Crippen LogP contribution < -0.4 is 11.1 Å². The first-order valence-corrected chi connectivity index (χ1v) is 3.75. The van der Waals surface area contributed by atoms with E-state index in [2.05, 4.69) is 5.32 Å². The van der Waals surface area contributed by atoms with E-state index in [1.54, 1.807) is 0 Å². The van der Waals surface area contributed by atoms with Crippen LogP contribution in [0.2, 0.25) is 0 Å². The molecule has 0 aliphatic carbocycles. The molecule has 5 nitrogen and oxygen atoms in total. The monoisotopic (exact) mass is 172 g/mol. The highest BCUT2D eigenvalue weighted by Gasteiger charge is 2.40. The van der Waals surface area contributed by atoms with E-state index in [0.29, 0.717) is 13.1 Å². The van der Waals surface area contributed by atoms with E-state index < -0.39 is 17.3 Å². The Morgan fingerprint density at radius 2 is 2.00 bits per heavy atom. The third-order valence-corrected chi connectivity index (χ3v) is 2.08. The molecule has 0 atom stereocenters. The van der Waals surface area contributed by atoms with E-state index in [4.69, 9.17) is 10.8 Å². The van der Waals surface area contributed by atoms with Crippen LogP contribution in [-0.2, 0) is 9.59 Å². The minimum absolute atomic E-state index is 0.0168. The Morgan fingerprint density at radius 1 is 1.42 bits per heavy atom. The molecule has 1 saturated heterocycles. The summed E-state index contributed by atoms with van der Waals surface area (Å²) in [5, 5.41) is 11.5. The van der Waals surface area contributed by atoms with Crippen molar-refractivity contribution in [2.45, 2.75) is 12.8 Å². The number of rotatable bonds is 4. The standard InChI is InChI=1S/C7H12N2O3/c8-5(10)1-7(2-6(11)12)3-9-4-7/h9H,1-4H2,(H2,8,10)(H,11,12). The van der Waals surface area contributed by atoms with Gasteiger partial charge in [0.15, 0.2) is 0 Å². The molecule has 0 radical (unpaired) electrons. The molecule has 1 fully saturated rings. The number of carboxylic acids is 1. The van der Waals surface area contributed by atoms with E-state index in [0.717, 1.165) is 0 Å². The molecule has 0 aromatic rings. The molecule has 1 amide bonds. The van der Waals surface area contributed by atoms with Gasteiger partial charge >= 0.3 is 5.97 Å². The number of carbonyl (C=O) groups excluding carboxylic acids is 1. The van der Waals surface area contributed by atoms with E-state index in [1.807, 2.05) is 0 Å². The Bertz CT molecular complexity index is 193. The number of carbonyl (C=O) groups is 2. The molecular formula is C7H12N2O3. The summed E-state index contributed by atoms with van der Waals surface area (Å²) in [5.74, 6) is -1.31. The second kappa shape index (κ2) is 3.10. The lowest BCUT2D eigenvalue weighted by molar-refractivity contribution is -0.141. The van der Waals surface area contributed by atoms with Crippen LogP contribution >= 0.6 is 0 Å². The predicted octanol–water partition coefficient (Wildman–Crippen LogP) is -1.07. The Labute approximate surface area is 69.9 Å². The van der Waals surface area contributed by atoms with Crippen LogP contribution in [0.3, 0.4) is 0 Å². The maximum Gasteiger partial charge on any atom is 0.304 e. The molecule has 0 aromatic heterocycles. The molecule has 0 saturated carbocycles. The SMILES string of the molecule is NC(=O)CC1(CC(=O)O)CNC1. The van der Waals surface area contributed by atoms with Crippen molar-refractivity contribution in [1.29, 1.82) is 0 Å². The lowest BCUT2D eigenvalue weighted by Gasteiger charge is -2.40. The molecule has 1 rings (SSSR count). The Kier molecular flexibility index (Phi) is 2.32. The quantitative estimate of drug-likeness (QED) is 0.503. The topological polar surface area (TPSA) is 92.4 Å². The number of hydrogen-bond donors (Lipinski definition) is 3. The first-order valence-electron chi connectivity index (χ1n) is 3.75. The van der Waals surface area contributed by atoms with Crippen LogP contribution in [0.25, 0.3) is 0 Å². The van der Waals surface area contributed by atoms with Gasteiger partial charge < -0.3 is 16.2 Å². The molecule has 1 heterocycles. The summed E-state index contributed by atoms with van der Waals surface area (Å²) in [6, 6.07) is 0. The van der Waals surface area contributed by atoms with Gasteiger partial charge in [0.05, 0.1) is 6.42 Å². The molecule has 1 aliphatic rings. The molecule has 1 aliphatic heterocycles. The maximum atomic E-state index is 10.6. The Balaban J connectivity index is 2.50. The van der Waals surface area contributed by atoms with Crippen LogP contribution in [0.15, 0.2) is 0 Å². The summed E-state index contributed by atoms with van der Waals surface area (Å²) in [6.45, 7) is 1.14. The van der Waals surface area contributed by atoms with Gasteiger partial charge in [0.2, 0.25) is 5.91 Å². The van der Waals surface area contributed by atoms with Crippen molar-refractivity contribution in [2.24, 2.45) is 11.1 Å². The lowest BCUT2D eigenvalue weighted by Crippen LogP contribution is -2.55. The number of carboxylic acid groups (broad SMARTS) is 1. The summed E-state index contributed by atoms with van der Waals surface area (Å²) in [4.78, 5) is 21.0. The first kappa shape index (κ1) is 8.99. The van der Waals surface area contributed by atoms with Gasteiger partial charge in [0, 0.05) is 24.9 Å². The van der Waals surface area contributed by atoms with Gasteiger partial charge in [-0.05, 0) is 0 Å². The van der Waals surface area contributed by atoms with E-state index in [-0.39, 0.29) is 12.8 Å². The van der Waals surface area contributed by atoms with Crippen molar-refractivity contribution in [1.82, 2.24) is 5.32 Å². The summed E-state index contributed by atoms with van der Waals surface area (Å²) < 4.78 is 0. The minimum Gasteiger partial charge on any atom is -0.481 e. The third kappa shape index (κ3) is 1.94. The van der Waals surface area contributed by atoms with Crippen LogP contribution in [0, 0.1) is 5.41 Å². The zero-order valence-electron chi connectivity index (χ0n) is 6.67. The van der Waals surface area contributed by atoms with Gasteiger partial charge in [-0.3, -0.25) is 9.59 Å². The van der Waals surface area contributed by atoms with Crippen molar-refractivity contribution in [3.05, 3.63) is 0 Å². The molecular weight excluding hydrogens is 160 g/mol. The van der Waals surface area contributed by atoms with Crippen LogP contribution in [0.4, 0.5) is 0 Å². The highest BCUT2D eigenvalue weighted by atomic mass is 16.4. The van der Waals surface area contributed by atoms with Gasteiger partial charge in [0.1, 0.15) is 0 Å².